The molecule has 5 heteroatoms. The van der Waals surface area contributed by atoms with E-state index in [-0.39, 0.29) is 11.8 Å². The molecular formula is C30H29NO4. The van der Waals surface area contributed by atoms with Gasteiger partial charge in [-0.3, -0.25) is 4.79 Å². The minimum absolute atomic E-state index is 0.172. The van der Waals surface area contributed by atoms with Gasteiger partial charge in [-0.15, -0.1) is 0 Å². The smallest absolute Gasteiger partial charge is 0.261 e. The van der Waals surface area contributed by atoms with E-state index >= 15 is 0 Å². The van der Waals surface area contributed by atoms with Crippen molar-refractivity contribution < 1.29 is 19.1 Å². The van der Waals surface area contributed by atoms with Crippen LogP contribution in [0.25, 0.3) is 22.5 Å². The van der Waals surface area contributed by atoms with Gasteiger partial charge >= 0.3 is 0 Å². The molecule has 35 heavy (non-hydrogen) atoms. The third kappa shape index (κ3) is 4.78. The fourth-order valence-corrected chi connectivity index (χ4v) is 4.73. The summed E-state index contributed by atoms with van der Waals surface area (Å²) < 4.78 is 11.9. The van der Waals surface area contributed by atoms with Crippen LogP contribution >= 0.6 is 0 Å². The van der Waals surface area contributed by atoms with Crippen LogP contribution in [-0.4, -0.2) is 34.3 Å². The standard InChI is InChI=1S/C30H29NO4/c1-30(2)31(25(20-34-30)19-21-9-5-3-6-10-21)29(33)28(32)27-18-17-26(35-27)24-15-13-23(14-16-24)22-11-7-4-8-12-22/h3-18,25,28,32H,19-20H2,1-2H3. The molecule has 1 fully saturated rings. The molecule has 0 aliphatic carbocycles. The molecule has 2 unspecified atom stereocenters. The van der Waals surface area contributed by atoms with Crippen LogP contribution in [0.1, 0.15) is 31.3 Å². The molecule has 1 amide bonds. The highest BCUT2D eigenvalue weighted by molar-refractivity contribution is 5.83. The van der Waals surface area contributed by atoms with Gasteiger partial charge in [0.15, 0.2) is 6.10 Å². The fraction of sp³-hybridized carbons (Fsp3) is 0.233. The molecule has 0 saturated carbocycles. The van der Waals surface area contributed by atoms with Crippen LogP contribution in [0.4, 0.5) is 0 Å². The number of nitrogens with zero attached hydrogens (tertiary/aromatic N) is 1. The summed E-state index contributed by atoms with van der Waals surface area (Å²) in [5.41, 5.74) is 3.42. The van der Waals surface area contributed by atoms with Crippen molar-refractivity contribution in [1.29, 1.82) is 0 Å². The van der Waals surface area contributed by atoms with Crippen molar-refractivity contribution in [2.45, 2.75) is 38.1 Å². The highest BCUT2D eigenvalue weighted by atomic mass is 16.5. The average molecular weight is 468 g/mol. The number of benzene rings is 3. The van der Waals surface area contributed by atoms with Gasteiger partial charge in [0, 0.05) is 5.56 Å². The van der Waals surface area contributed by atoms with Gasteiger partial charge < -0.3 is 19.2 Å². The minimum atomic E-state index is -1.41. The van der Waals surface area contributed by atoms with Gasteiger partial charge in [-0.25, -0.2) is 0 Å². The van der Waals surface area contributed by atoms with Crippen LogP contribution in [0.3, 0.4) is 0 Å². The van der Waals surface area contributed by atoms with E-state index in [0.29, 0.717) is 18.8 Å². The first-order valence-electron chi connectivity index (χ1n) is 11.9. The first-order valence-corrected chi connectivity index (χ1v) is 11.9. The van der Waals surface area contributed by atoms with Gasteiger partial charge in [0.25, 0.3) is 5.91 Å². The topological polar surface area (TPSA) is 62.9 Å². The molecular weight excluding hydrogens is 438 g/mol. The fourth-order valence-electron chi connectivity index (χ4n) is 4.73. The Bertz CT molecular complexity index is 1280. The maximum Gasteiger partial charge on any atom is 0.261 e. The van der Waals surface area contributed by atoms with Gasteiger partial charge in [0.1, 0.15) is 17.2 Å². The Labute approximate surface area is 205 Å². The Morgan fingerprint density at radius 3 is 2.17 bits per heavy atom. The van der Waals surface area contributed by atoms with Crippen LogP contribution < -0.4 is 0 Å². The van der Waals surface area contributed by atoms with Gasteiger partial charge in [-0.05, 0) is 49.1 Å². The third-order valence-corrected chi connectivity index (χ3v) is 6.53. The number of ether oxygens (including phenoxy) is 1. The number of hydrogen-bond donors (Lipinski definition) is 1. The van der Waals surface area contributed by atoms with E-state index in [1.807, 2.05) is 86.6 Å². The molecule has 3 aromatic carbocycles. The normalized spacial score (nSPS) is 17.9. The third-order valence-electron chi connectivity index (χ3n) is 6.53. The van der Waals surface area contributed by atoms with E-state index in [1.54, 1.807) is 17.0 Å². The van der Waals surface area contributed by atoms with E-state index < -0.39 is 17.7 Å². The molecule has 0 spiro atoms. The summed E-state index contributed by atoms with van der Waals surface area (Å²) in [6, 6.07) is 31.5. The molecule has 0 radical (unpaired) electrons. The summed E-state index contributed by atoms with van der Waals surface area (Å²) in [6.45, 7) is 4.12. The predicted octanol–water partition coefficient (Wildman–Crippen LogP) is 5.85. The van der Waals surface area contributed by atoms with Crippen LogP contribution in [0.15, 0.2) is 101 Å². The second-order valence-corrected chi connectivity index (χ2v) is 9.36. The Kier molecular flexibility index (Phi) is 6.29. The van der Waals surface area contributed by atoms with E-state index in [4.69, 9.17) is 9.15 Å². The number of aliphatic hydroxyl groups excluding tert-OH is 1. The molecule has 0 bridgehead atoms. The van der Waals surface area contributed by atoms with Gasteiger partial charge in [-0.2, -0.15) is 0 Å². The second kappa shape index (κ2) is 9.53. The number of rotatable bonds is 6. The van der Waals surface area contributed by atoms with Crippen LogP contribution in [0.2, 0.25) is 0 Å². The number of carbonyl (C=O) groups excluding carboxylic acids is 1. The number of amides is 1. The number of aliphatic hydroxyl groups is 1. The van der Waals surface area contributed by atoms with Crippen LogP contribution in [0.5, 0.6) is 0 Å². The van der Waals surface area contributed by atoms with E-state index in [0.717, 1.165) is 22.3 Å². The number of hydrogen-bond acceptors (Lipinski definition) is 4. The monoisotopic (exact) mass is 467 g/mol. The summed E-state index contributed by atoms with van der Waals surface area (Å²) in [5.74, 6) is 0.399. The zero-order valence-corrected chi connectivity index (χ0v) is 19.9. The van der Waals surface area contributed by atoms with Crippen molar-refractivity contribution >= 4 is 5.91 Å². The Morgan fingerprint density at radius 1 is 0.886 bits per heavy atom. The Balaban J connectivity index is 1.33. The van der Waals surface area contributed by atoms with Gasteiger partial charge in [-0.1, -0.05) is 84.9 Å². The molecule has 2 heterocycles. The molecule has 1 aromatic heterocycles. The molecule has 1 N–H and O–H groups in total. The molecule has 2 atom stereocenters. The van der Waals surface area contributed by atoms with Crippen molar-refractivity contribution in [2.24, 2.45) is 0 Å². The Hall–Kier alpha value is -3.67. The first-order chi connectivity index (χ1) is 16.9. The lowest BCUT2D eigenvalue weighted by molar-refractivity contribution is -0.156. The summed E-state index contributed by atoms with van der Waals surface area (Å²) in [4.78, 5) is 15.1. The molecule has 1 saturated heterocycles. The highest BCUT2D eigenvalue weighted by Crippen LogP contribution is 2.34. The van der Waals surface area contributed by atoms with Gasteiger partial charge in [0.05, 0.1) is 12.6 Å². The minimum Gasteiger partial charge on any atom is -0.458 e. The molecule has 5 rings (SSSR count). The lowest BCUT2D eigenvalue weighted by Gasteiger charge is -2.35. The van der Waals surface area contributed by atoms with Crippen LogP contribution in [0, 0.1) is 0 Å². The summed E-state index contributed by atoms with van der Waals surface area (Å²) >= 11 is 0. The first kappa shape index (κ1) is 23.1. The summed E-state index contributed by atoms with van der Waals surface area (Å²) in [6.07, 6.45) is -0.758. The largest absolute Gasteiger partial charge is 0.458 e. The van der Waals surface area contributed by atoms with Crippen molar-refractivity contribution in [3.63, 3.8) is 0 Å². The Morgan fingerprint density at radius 2 is 1.49 bits per heavy atom. The lowest BCUT2D eigenvalue weighted by atomic mass is 10.0. The highest BCUT2D eigenvalue weighted by Gasteiger charge is 2.46. The van der Waals surface area contributed by atoms with Gasteiger partial charge in [0.2, 0.25) is 0 Å². The lowest BCUT2D eigenvalue weighted by Crippen LogP contribution is -2.50. The maximum absolute atomic E-state index is 13.4. The zero-order chi connectivity index (χ0) is 24.4. The van der Waals surface area contributed by atoms with Crippen molar-refractivity contribution in [3.8, 4) is 22.5 Å². The van der Waals surface area contributed by atoms with E-state index in [9.17, 15) is 9.90 Å². The van der Waals surface area contributed by atoms with E-state index in [2.05, 4.69) is 12.1 Å². The van der Waals surface area contributed by atoms with Crippen molar-refractivity contribution in [1.82, 2.24) is 4.90 Å². The number of carbonyl (C=O) groups is 1. The number of furan rings is 1. The quantitative estimate of drug-likeness (QED) is 0.386. The summed E-state index contributed by atoms with van der Waals surface area (Å²) in [5, 5.41) is 11.0. The molecule has 5 nitrogen and oxygen atoms in total. The maximum atomic E-state index is 13.4. The SMILES string of the molecule is CC1(C)OCC(Cc2ccccc2)N1C(=O)C(O)c1ccc(-c2ccc(-c3ccccc3)cc2)o1. The average Bonchev–Trinajstić information content (AvgIpc) is 3.49. The molecule has 178 valence electrons. The molecule has 1 aliphatic rings. The van der Waals surface area contributed by atoms with E-state index in [1.165, 1.54) is 0 Å². The zero-order valence-electron chi connectivity index (χ0n) is 19.9. The predicted molar refractivity (Wildman–Crippen MR) is 135 cm³/mol. The van der Waals surface area contributed by atoms with Crippen LogP contribution in [-0.2, 0) is 16.0 Å². The summed E-state index contributed by atoms with van der Waals surface area (Å²) in [7, 11) is 0. The van der Waals surface area contributed by atoms with Crippen molar-refractivity contribution in [2.75, 3.05) is 6.61 Å². The van der Waals surface area contributed by atoms with Crippen molar-refractivity contribution in [3.05, 3.63) is 108 Å². The molecule has 4 aromatic rings. The molecule has 1 aliphatic heterocycles. The second-order valence-electron chi connectivity index (χ2n) is 9.36.